The van der Waals surface area contributed by atoms with Gasteiger partial charge in [0.25, 0.3) is 5.56 Å². The van der Waals surface area contributed by atoms with Gasteiger partial charge in [0, 0.05) is 14.1 Å². The van der Waals surface area contributed by atoms with Gasteiger partial charge in [-0.1, -0.05) is 0 Å². The zero-order valence-electron chi connectivity index (χ0n) is 13.0. The summed E-state index contributed by atoms with van der Waals surface area (Å²) in [5.74, 6) is 0. The Hall–Kier alpha value is -1.97. The van der Waals surface area contributed by atoms with E-state index < -0.39 is 0 Å². The third-order valence-electron chi connectivity index (χ3n) is 2.80. The summed E-state index contributed by atoms with van der Waals surface area (Å²) in [5.41, 5.74) is 0.0119. The minimum absolute atomic E-state index is 0. The van der Waals surface area contributed by atoms with E-state index >= 15 is 0 Å². The Morgan fingerprint density at radius 1 is 1.24 bits per heavy atom. The van der Waals surface area contributed by atoms with Gasteiger partial charge in [0.1, 0.15) is 12.1 Å². The second-order valence-electron chi connectivity index (χ2n) is 5.54. The highest BCUT2D eigenvalue weighted by atomic mass is 16.3. The number of fused-ring (bicyclic) bond motifs is 1. The van der Waals surface area contributed by atoms with Gasteiger partial charge < -0.3 is 20.0 Å². The van der Waals surface area contributed by atoms with Crippen LogP contribution in [-0.2, 0) is 14.1 Å². The van der Waals surface area contributed by atoms with Crippen molar-refractivity contribution in [2.45, 2.75) is 0 Å². The molecule has 0 atom stereocenters. The molecule has 0 aromatic carbocycles. The molecule has 2 aromatic rings. The zero-order valence-corrected chi connectivity index (χ0v) is 13.0. The molecule has 0 saturated heterocycles. The molecular formula is C12H23N5O4. The van der Waals surface area contributed by atoms with Crippen LogP contribution in [0.5, 0.6) is 0 Å². The summed E-state index contributed by atoms with van der Waals surface area (Å²) in [5, 5.41) is 8.39. The first-order valence-electron chi connectivity index (χ1n) is 6.19. The Balaban J connectivity index is 0.000000436. The fourth-order valence-corrected chi connectivity index (χ4v) is 1.57. The molecular weight excluding hydrogens is 278 g/mol. The number of H-pyrrole nitrogens is 1. The SMILES string of the molecule is C[N+](C)(C)CCO.Cn1c(=O)c2[nH]cnc2n(C)c1=O.[OH-]. The maximum Gasteiger partial charge on any atom is 0.332 e. The minimum atomic E-state index is -0.371. The van der Waals surface area contributed by atoms with Gasteiger partial charge in [-0.05, 0) is 0 Å². The van der Waals surface area contributed by atoms with Crippen molar-refractivity contribution in [3.05, 3.63) is 27.2 Å². The Morgan fingerprint density at radius 2 is 1.81 bits per heavy atom. The van der Waals surface area contributed by atoms with Gasteiger partial charge in [-0.25, -0.2) is 9.78 Å². The van der Waals surface area contributed by atoms with Gasteiger partial charge in [0.15, 0.2) is 5.65 Å². The van der Waals surface area contributed by atoms with Crippen molar-refractivity contribution in [2.24, 2.45) is 14.1 Å². The average Bonchev–Trinajstić information content (AvgIpc) is 2.82. The molecule has 0 unspecified atom stereocenters. The van der Waals surface area contributed by atoms with E-state index in [0.29, 0.717) is 11.2 Å². The van der Waals surface area contributed by atoms with Gasteiger partial charge in [-0.2, -0.15) is 0 Å². The van der Waals surface area contributed by atoms with Crippen LogP contribution in [0, 0.1) is 0 Å². The number of quaternary nitrogens is 1. The molecule has 0 fully saturated rings. The molecule has 2 rings (SSSR count). The third kappa shape index (κ3) is 4.52. The van der Waals surface area contributed by atoms with E-state index in [-0.39, 0.29) is 23.3 Å². The smallest absolute Gasteiger partial charge is 0.332 e. The van der Waals surface area contributed by atoms with Crippen molar-refractivity contribution in [2.75, 3.05) is 34.3 Å². The van der Waals surface area contributed by atoms with Gasteiger partial charge in [0.2, 0.25) is 0 Å². The molecule has 0 aliphatic heterocycles. The molecule has 0 aliphatic carbocycles. The van der Waals surface area contributed by atoms with Crippen LogP contribution in [0.4, 0.5) is 0 Å². The molecule has 0 aliphatic rings. The van der Waals surface area contributed by atoms with Crippen molar-refractivity contribution >= 4 is 11.2 Å². The highest BCUT2D eigenvalue weighted by Gasteiger charge is 2.08. The Morgan fingerprint density at radius 3 is 2.24 bits per heavy atom. The van der Waals surface area contributed by atoms with E-state index in [1.165, 1.54) is 17.9 Å². The second kappa shape index (κ2) is 7.16. The molecule has 2 heterocycles. The summed E-state index contributed by atoms with van der Waals surface area (Å²) in [6, 6.07) is 0. The number of imidazole rings is 1. The number of nitrogens with one attached hydrogen (secondary N) is 1. The Kier molecular flexibility index (Phi) is 6.49. The molecule has 120 valence electrons. The number of likely N-dealkylation sites (N-methyl/N-ethyl adjacent to an activating group) is 1. The summed E-state index contributed by atoms with van der Waals surface area (Å²) in [7, 11) is 9.17. The standard InChI is InChI=1S/C7H8N4O2.C5H14NO.H2O/c1-10-5-4(8-3-9-5)6(12)11(2)7(10)13;1-6(2,3)4-5-7;/h3H,1-2H3,(H,8,9);7H,4-5H2,1-3H3;1H2/q;+1;/p-1. The lowest BCUT2D eigenvalue weighted by atomic mass is 10.5. The fourth-order valence-electron chi connectivity index (χ4n) is 1.57. The number of aryl methyl sites for hydroxylation is 1. The van der Waals surface area contributed by atoms with Crippen LogP contribution in [0.1, 0.15) is 0 Å². The normalized spacial score (nSPS) is 10.8. The predicted molar refractivity (Wildman–Crippen MR) is 78.5 cm³/mol. The highest BCUT2D eigenvalue weighted by molar-refractivity contribution is 5.68. The van der Waals surface area contributed by atoms with Crippen LogP contribution in [0.15, 0.2) is 15.9 Å². The number of hydrogen-bond donors (Lipinski definition) is 2. The molecule has 0 radical (unpaired) electrons. The maximum atomic E-state index is 11.4. The first kappa shape index (κ1) is 19.0. The summed E-state index contributed by atoms with van der Waals surface area (Å²) < 4.78 is 3.21. The molecule has 3 N–H and O–H groups in total. The number of nitrogens with zero attached hydrogens (tertiary/aromatic N) is 4. The van der Waals surface area contributed by atoms with Crippen LogP contribution in [0.3, 0.4) is 0 Å². The Bertz CT molecular complexity index is 692. The number of aliphatic hydroxyl groups is 1. The van der Waals surface area contributed by atoms with Crippen LogP contribution in [0.25, 0.3) is 11.2 Å². The molecule has 0 amide bonds. The van der Waals surface area contributed by atoms with Crippen LogP contribution in [0.2, 0.25) is 0 Å². The highest BCUT2D eigenvalue weighted by Crippen LogP contribution is 1.97. The maximum absolute atomic E-state index is 11.4. The molecule has 9 heteroatoms. The van der Waals surface area contributed by atoms with Crippen LogP contribution < -0.4 is 11.2 Å². The van der Waals surface area contributed by atoms with Crippen LogP contribution in [-0.4, -0.2) is 68.5 Å². The Labute approximate surface area is 122 Å². The van der Waals surface area contributed by atoms with Crippen molar-refractivity contribution in [1.29, 1.82) is 0 Å². The van der Waals surface area contributed by atoms with Crippen LogP contribution >= 0.6 is 0 Å². The van der Waals surface area contributed by atoms with E-state index in [9.17, 15) is 9.59 Å². The summed E-state index contributed by atoms with van der Waals surface area (Å²) in [6.07, 6.45) is 1.39. The topological polar surface area (TPSA) is 123 Å². The number of rotatable bonds is 2. The molecule has 0 bridgehead atoms. The quantitative estimate of drug-likeness (QED) is 0.651. The monoisotopic (exact) mass is 301 g/mol. The van der Waals surface area contributed by atoms with E-state index in [0.717, 1.165) is 15.6 Å². The third-order valence-corrected chi connectivity index (χ3v) is 2.80. The lowest BCUT2D eigenvalue weighted by Crippen LogP contribution is -2.36. The van der Waals surface area contributed by atoms with E-state index in [4.69, 9.17) is 5.11 Å². The van der Waals surface area contributed by atoms with E-state index in [2.05, 4.69) is 31.1 Å². The number of aromatic nitrogens is 4. The number of hydrogen-bond acceptors (Lipinski definition) is 5. The molecule has 2 aromatic heterocycles. The van der Waals surface area contributed by atoms with E-state index in [1.54, 1.807) is 7.05 Å². The summed E-state index contributed by atoms with van der Waals surface area (Å²) >= 11 is 0. The predicted octanol–water partition coefficient (Wildman–Crippen LogP) is -1.53. The molecule has 0 spiro atoms. The lowest BCUT2D eigenvalue weighted by Gasteiger charge is -2.21. The summed E-state index contributed by atoms with van der Waals surface area (Å²) in [6.45, 7) is 1.11. The molecule has 21 heavy (non-hydrogen) atoms. The van der Waals surface area contributed by atoms with Crippen molar-refractivity contribution in [3.63, 3.8) is 0 Å². The van der Waals surface area contributed by atoms with Gasteiger partial charge in [0.05, 0.1) is 34.1 Å². The van der Waals surface area contributed by atoms with E-state index in [1.807, 2.05) is 0 Å². The van der Waals surface area contributed by atoms with Gasteiger partial charge >= 0.3 is 5.69 Å². The largest absolute Gasteiger partial charge is 0.870 e. The van der Waals surface area contributed by atoms with Crippen molar-refractivity contribution in [1.82, 2.24) is 19.1 Å². The fraction of sp³-hybridized carbons (Fsp3) is 0.583. The average molecular weight is 301 g/mol. The molecule has 0 saturated carbocycles. The van der Waals surface area contributed by atoms with Crippen molar-refractivity contribution in [3.8, 4) is 0 Å². The number of aromatic amines is 1. The van der Waals surface area contributed by atoms with Gasteiger partial charge in [-0.15, -0.1) is 0 Å². The second-order valence-corrected chi connectivity index (χ2v) is 5.54. The number of aliphatic hydroxyl groups excluding tert-OH is 1. The minimum Gasteiger partial charge on any atom is -0.870 e. The van der Waals surface area contributed by atoms with Gasteiger partial charge in [-0.3, -0.25) is 13.9 Å². The zero-order chi connectivity index (χ0) is 15.5. The van der Waals surface area contributed by atoms with Crippen molar-refractivity contribution < 1.29 is 15.1 Å². The lowest BCUT2D eigenvalue weighted by molar-refractivity contribution is -0.870. The molecule has 9 nitrogen and oxygen atoms in total. The first-order valence-corrected chi connectivity index (χ1v) is 6.19. The summed E-state index contributed by atoms with van der Waals surface area (Å²) in [4.78, 5) is 29.4. The first-order chi connectivity index (χ1) is 9.19.